The third kappa shape index (κ3) is 1.79. The van der Waals surface area contributed by atoms with E-state index in [1.165, 1.54) is 22.2 Å². The highest BCUT2D eigenvalue weighted by Crippen LogP contribution is 2.27. The van der Waals surface area contributed by atoms with Crippen LogP contribution < -0.4 is 0 Å². The molecule has 0 fully saturated rings. The number of halogens is 1. The topological polar surface area (TPSA) is 4.93 Å². The summed E-state index contributed by atoms with van der Waals surface area (Å²) in [7, 11) is 2.11. The van der Waals surface area contributed by atoms with E-state index in [2.05, 4.69) is 82.1 Å². The maximum atomic E-state index is 3.46. The van der Waals surface area contributed by atoms with Gasteiger partial charge in [0.1, 0.15) is 0 Å². The van der Waals surface area contributed by atoms with Crippen molar-refractivity contribution in [1.29, 1.82) is 0 Å². The van der Waals surface area contributed by atoms with Crippen molar-refractivity contribution in [3.8, 4) is 11.3 Å². The highest BCUT2D eigenvalue weighted by Gasteiger charge is 2.06. The Kier molecular flexibility index (Phi) is 2.52. The van der Waals surface area contributed by atoms with Crippen LogP contribution in [0.5, 0.6) is 0 Å². The molecule has 3 aromatic rings. The molecule has 0 amide bonds. The van der Waals surface area contributed by atoms with Crippen LogP contribution in [0.3, 0.4) is 0 Å². The number of para-hydroxylation sites is 1. The summed E-state index contributed by atoms with van der Waals surface area (Å²) in [5, 5.41) is 1.29. The lowest BCUT2D eigenvalue weighted by atomic mass is 10.1. The Morgan fingerprint density at radius 2 is 1.65 bits per heavy atom. The number of nitrogens with zero attached hydrogens (tertiary/aromatic N) is 1. The van der Waals surface area contributed by atoms with E-state index in [-0.39, 0.29) is 0 Å². The first-order valence-corrected chi connectivity index (χ1v) is 6.35. The van der Waals surface area contributed by atoms with Gasteiger partial charge in [0.25, 0.3) is 0 Å². The van der Waals surface area contributed by atoms with E-state index in [1.54, 1.807) is 0 Å². The average Bonchev–Trinajstić information content (AvgIpc) is 2.69. The molecular formula is C15H12BrN. The predicted octanol–water partition coefficient (Wildman–Crippen LogP) is 4.61. The fourth-order valence-corrected chi connectivity index (χ4v) is 2.45. The minimum absolute atomic E-state index is 1.11. The number of hydrogen-bond acceptors (Lipinski definition) is 0. The van der Waals surface area contributed by atoms with Crippen LogP contribution >= 0.6 is 15.9 Å². The summed E-state index contributed by atoms with van der Waals surface area (Å²) in [6.07, 6.45) is 0. The molecule has 17 heavy (non-hydrogen) atoms. The van der Waals surface area contributed by atoms with Crippen LogP contribution in [0.1, 0.15) is 0 Å². The number of aromatic nitrogens is 1. The second kappa shape index (κ2) is 4.04. The Labute approximate surface area is 109 Å². The zero-order valence-electron chi connectivity index (χ0n) is 9.52. The molecule has 2 heteroatoms. The first kappa shape index (κ1) is 10.6. The zero-order chi connectivity index (χ0) is 11.8. The van der Waals surface area contributed by atoms with Gasteiger partial charge in [0, 0.05) is 28.1 Å². The first-order chi connectivity index (χ1) is 8.25. The third-order valence-corrected chi connectivity index (χ3v) is 3.62. The molecule has 0 atom stereocenters. The number of hydrogen-bond donors (Lipinski definition) is 0. The number of fused-ring (bicyclic) bond motifs is 1. The van der Waals surface area contributed by atoms with Crippen LogP contribution in [0.2, 0.25) is 0 Å². The Balaban J connectivity index is 2.24. The summed E-state index contributed by atoms with van der Waals surface area (Å²) in [6.45, 7) is 0. The van der Waals surface area contributed by atoms with Crippen LogP contribution in [0, 0.1) is 0 Å². The van der Waals surface area contributed by atoms with Gasteiger partial charge in [-0.15, -0.1) is 0 Å². The molecule has 0 saturated heterocycles. The Bertz CT molecular complexity index is 665. The summed E-state index contributed by atoms with van der Waals surface area (Å²) in [5.74, 6) is 0. The summed E-state index contributed by atoms with van der Waals surface area (Å²) in [4.78, 5) is 0. The van der Waals surface area contributed by atoms with Crippen LogP contribution in [0.15, 0.2) is 59.1 Å². The maximum absolute atomic E-state index is 3.46. The van der Waals surface area contributed by atoms with Crippen LogP contribution in [-0.2, 0) is 7.05 Å². The van der Waals surface area contributed by atoms with Gasteiger partial charge < -0.3 is 4.57 Å². The number of aryl methyl sites for hydroxylation is 1. The Morgan fingerprint density at radius 3 is 2.35 bits per heavy atom. The van der Waals surface area contributed by atoms with Crippen LogP contribution in [0.4, 0.5) is 0 Å². The molecule has 0 bridgehead atoms. The predicted molar refractivity (Wildman–Crippen MR) is 76.1 cm³/mol. The van der Waals surface area contributed by atoms with Crippen molar-refractivity contribution in [2.24, 2.45) is 7.05 Å². The van der Waals surface area contributed by atoms with Gasteiger partial charge in [-0.2, -0.15) is 0 Å². The van der Waals surface area contributed by atoms with Crippen LogP contribution in [0.25, 0.3) is 22.2 Å². The molecule has 0 unspecified atom stereocenters. The van der Waals surface area contributed by atoms with E-state index in [1.807, 2.05) is 0 Å². The van der Waals surface area contributed by atoms with Crippen molar-refractivity contribution in [1.82, 2.24) is 4.57 Å². The molecule has 0 spiro atoms. The van der Waals surface area contributed by atoms with Crippen LogP contribution in [-0.4, -0.2) is 4.57 Å². The minimum atomic E-state index is 1.11. The molecular weight excluding hydrogens is 274 g/mol. The molecule has 84 valence electrons. The molecule has 0 N–H and O–H groups in total. The quantitative estimate of drug-likeness (QED) is 0.615. The molecule has 3 rings (SSSR count). The summed E-state index contributed by atoms with van der Waals surface area (Å²) < 4.78 is 3.35. The van der Waals surface area contributed by atoms with Gasteiger partial charge in [-0.05, 0) is 29.8 Å². The van der Waals surface area contributed by atoms with Crippen molar-refractivity contribution >= 4 is 26.8 Å². The molecule has 0 aliphatic heterocycles. The molecule has 0 saturated carbocycles. The van der Waals surface area contributed by atoms with Crippen molar-refractivity contribution in [3.05, 3.63) is 59.1 Å². The van der Waals surface area contributed by atoms with Crippen molar-refractivity contribution < 1.29 is 0 Å². The van der Waals surface area contributed by atoms with Crippen molar-refractivity contribution in [2.45, 2.75) is 0 Å². The Hall–Kier alpha value is -1.54. The SMILES string of the molecule is Cn1c(-c2ccc(Br)cc2)cc2ccccc21. The van der Waals surface area contributed by atoms with Gasteiger partial charge in [0.15, 0.2) is 0 Å². The summed E-state index contributed by atoms with van der Waals surface area (Å²) >= 11 is 3.46. The van der Waals surface area contributed by atoms with Crippen molar-refractivity contribution in [2.75, 3.05) is 0 Å². The zero-order valence-corrected chi connectivity index (χ0v) is 11.1. The van der Waals surface area contributed by atoms with Gasteiger partial charge in [-0.3, -0.25) is 0 Å². The van der Waals surface area contributed by atoms with Gasteiger partial charge in [-0.1, -0.05) is 46.3 Å². The monoisotopic (exact) mass is 285 g/mol. The fraction of sp³-hybridized carbons (Fsp3) is 0.0667. The Morgan fingerprint density at radius 1 is 0.941 bits per heavy atom. The average molecular weight is 286 g/mol. The normalized spacial score (nSPS) is 10.9. The largest absolute Gasteiger partial charge is 0.344 e. The summed E-state index contributed by atoms with van der Waals surface area (Å²) in [5.41, 5.74) is 3.76. The van der Waals surface area contributed by atoms with Gasteiger partial charge in [-0.25, -0.2) is 0 Å². The summed E-state index contributed by atoms with van der Waals surface area (Å²) in [6, 6.07) is 19.1. The fourth-order valence-electron chi connectivity index (χ4n) is 2.19. The van der Waals surface area contributed by atoms with Gasteiger partial charge >= 0.3 is 0 Å². The molecule has 1 nitrogen and oxygen atoms in total. The van der Waals surface area contributed by atoms with E-state index in [0.717, 1.165) is 4.47 Å². The standard InChI is InChI=1S/C15H12BrN/c1-17-14-5-3-2-4-12(14)10-15(17)11-6-8-13(16)9-7-11/h2-10H,1H3. The number of rotatable bonds is 1. The highest BCUT2D eigenvalue weighted by molar-refractivity contribution is 9.10. The molecule has 1 heterocycles. The maximum Gasteiger partial charge on any atom is 0.0488 e. The van der Waals surface area contributed by atoms with E-state index in [4.69, 9.17) is 0 Å². The van der Waals surface area contributed by atoms with Gasteiger partial charge in [0.2, 0.25) is 0 Å². The molecule has 0 radical (unpaired) electrons. The highest BCUT2D eigenvalue weighted by atomic mass is 79.9. The second-order valence-corrected chi connectivity index (χ2v) is 5.07. The molecule has 0 aliphatic carbocycles. The second-order valence-electron chi connectivity index (χ2n) is 4.15. The van der Waals surface area contributed by atoms with E-state index < -0.39 is 0 Å². The minimum Gasteiger partial charge on any atom is -0.344 e. The number of benzene rings is 2. The van der Waals surface area contributed by atoms with Crippen molar-refractivity contribution in [3.63, 3.8) is 0 Å². The molecule has 1 aromatic heterocycles. The molecule has 2 aromatic carbocycles. The lowest BCUT2D eigenvalue weighted by molar-refractivity contribution is 0.978. The van der Waals surface area contributed by atoms with Gasteiger partial charge in [0.05, 0.1) is 0 Å². The van der Waals surface area contributed by atoms with E-state index >= 15 is 0 Å². The molecule has 0 aliphatic rings. The lowest BCUT2D eigenvalue weighted by Gasteiger charge is -2.04. The first-order valence-electron chi connectivity index (χ1n) is 5.56. The lowest BCUT2D eigenvalue weighted by Crippen LogP contribution is -1.90. The van der Waals surface area contributed by atoms with E-state index in [0.29, 0.717) is 0 Å². The smallest absolute Gasteiger partial charge is 0.0488 e. The van der Waals surface area contributed by atoms with E-state index in [9.17, 15) is 0 Å². The third-order valence-electron chi connectivity index (χ3n) is 3.09.